The lowest BCUT2D eigenvalue weighted by molar-refractivity contribution is -0.114. The number of benzene rings is 3. The average Bonchev–Trinajstić information content (AvgIpc) is 3.29. The van der Waals surface area contributed by atoms with Crippen LogP contribution in [0, 0.1) is 6.92 Å². The van der Waals surface area contributed by atoms with E-state index in [0.29, 0.717) is 23.7 Å². The van der Waals surface area contributed by atoms with Gasteiger partial charge >= 0.3 is 0 Å². The van der Waals surface area contributed by atoms with Gasteiger partial charge in [0.25, 0.3) is 0 Å². The van der Waals surface area contributed by atoms with Crippen molar-refractivity contribution in [3.05, 3.63) is 78.1 Å². The first-order chi connectivity index (χ1) is 17.8. The summed E-state index contributed by atoms with van der Waals surface area (Å²) >= 11 is 0. The average molecular weight is 499 g/mol. The molecule has 0 aliphatic rings. The number of fused-ring (bicyclic) bond motifs is 1. The summed E-state index contributed by atoms with van der Waals surface area (Å²) in [4.78, 5) is 24.2. The molecule has 37 heavy (non-hydrogen) atoms. The number of rotatable bonds is 8. The maximum Gasteiger partial charge on any atom is 0.248 e. The standard InChI is InChI=1S/C30H30N2O5/c1-6-36-29-19(3)30-26(27(17-37-30)21-10-12-24(35-5)13-11-21)16-25(29)18(2)14-28(34)32-23-9-7-8-22(15-23)31-20(4)33/h7-17H,6H2,1-5H3,(H,31,33)(H,32,34)/b18-14+. The third-order valence-corrected chi connectivity index (χ3v) is 5.96. The van der Waals surface area contributed by atoms with Crippen LogP contribution in [0.15, 0.2) is 71.4 Å². The van der Waals surface area contributed by atoms with Gasteiger partial charge in [0.2, 0.25) is 11.8 Å². The molecule has 190 valence electrons. The molecule has 0 bridgehead atoms. The lowest BCUT2D eigenvalue weighted by Gasteiger charge is -2.15. The fourth-order valence-corrected chi connectivity index (χ4v) is 4.26. The highest BCUT2D eigenvalue weighted by Gasteiger charge is 2.19. The molecule has 0 fully saturated rings. The number of hydrogen-bond acceptors (Lipinski definition) is 5. The van der Waals surface area contributed by atoms with Gasteiger partial charge in [-0.05, 0) is 68.3 Å². The second-order valence-corrected chi connectivity index (χ2v) is 8.64. The summed E-state index contributed by atoms with van der Waals surface area (Å²) in [5, 5.41) is 6.51. The molecule has 7 heteroatoms. The van der Waals surface area contributed by atoms with Crippen LogP contribution in [-0.2, 0) is 9.59 Å². The monoisotopic (exact) mass is 498 g/mol. The van der Waals surface area contributed by atoms with Crippen LogP contribution < -0.4 is 20.1 Å². The summed E-state index contributed by atoms with van der Waals surface area (Å²) in [6.45, 7) is 7.67. The first-order valence-electron chi connectivity index (χ1n) is 12.0. The number of furan rings is 1. The first kappa shape index (κ1) is 25.6. The molecule has 1 aromatic heterocycles. The molecule has 7 nitrogen and oxygen atoms in total. The molecular formula is C30H30N2O5. The van der Waals surface area contributed by atoms with Crippen molar-refractivity contribution in [2.75, 3.05) is 24.4 Å². The molecule has 4 aromatic rings. The van der Waals surface area contributed by atoms with Crippen LogP contribution in [0.5, 0.6) is 11.5 Å². The molecule has 0 aliphatic heterocycles. The van der Waals surface area contributed by atoms with Gasteiger partial charge in [0.1, 0.15) is 17.1 Å². The Hall–Kier alpha value is -4.52. The summed E-state index contributed by atoms with van der Waals surface area (Å²) in [6, 6.07) is 16.8. The van der Waals surface area contributed by atoms with Crippen molar-refractivity contribution in [2.45, 2.75) is 27.7 Å². The molecule has 2 N–H and O–H groups in total. The van der Waals surface area contributed by atoms with Crippen molar-refractivity contribution in [3.63, 3.8) is 0 Å². The number of carbonyl (C=O) groups excluding carboxylic acids is 2. The molecule has 2 amide bonds. The van der Waals surface area contributed by atoms with Crippen molar-refractivity contribution in [3.8, 4) is 22.6 Å². The van der Waals surface area contributed by atoms with Gasteiger partial charge in [-0.3, -0.25) is 9.59 Å². The van der Waals surface area contributed by atoms with Gasteiger partial charge in [0, 0.05) is 46.5 Å². The zero-order chi connectivity index (χ0) is 26.5. The Morgan fingerprint density at radius 3 is 2.35 bits per heavy atom. The SMILES string of the molecule is CCOc1c(/C(C)=C/C(=O)Nc2cccc(NC(C)=O)c2)cc2c(-c3ccc(OC)cc3)coc2c1C. The van der Waals surface area contributed by atoms with Crippen LogP contribution in [-0.4, -0.2) is 25.5 Å². The van der Waals surface area contributed by atoms with E-state index >= 15 is 0 Å². The van der Waals surface area contributed by atoms with E-state index in [2.05, 4.69) is 10.6 Å². The van der Waals surface area contributed by atoms with Gasteiger partial charge in [0.15, 0.2) is 0 Å². The van der Waals surface area contributed by atoms with E-state index in [1.165, 1.54) is 6.92 Å². The molecule has 0 atom stereocenters. The van der Waals surface area contributed by atoms with Crippen LogP contribution >= 0.6 is 0 Å². The van der Waals surface area contributed by atoms with Crippen LogP contribution in [0.25, 0.3) is 27.7 Å². The highest BCUT2D eigenvalue weighted by molar-refractivity contribution is 6.06. The summed E-state index contributed by atoms with van der Waals surface area (Å²) in [5.41, 5.74) is 6.28. The number of carbonyl (C=O) groups is 2. The molecular weight excluding hydrogens is 468 g/mol. The predicted molar refractivity (Wildman–Crippen MR) is 147 cm³/mol. The minimum Gasteiger partial charge on any atom is -0.497 e. The Morgan fingerprint density at radius 1 is 1.00 bits per heavy atom. The van der Waals surface area contributed by atoms with E-state index in [4.69, 9.17) is 13.9 Å². The molecule has 0 radical (unpaired) electrons. The second-order valence-electron chi connectivity index (χ2n) is 8.64. The van der Waals surface area contributed by atoms with Crippen molar-refractivity contribution in [2.24, 2.45) is 0 Å². The Labute approximate surface area is 216 Å². The quantitative estimate of drug-likeness (QED) is 0.260. The highest BCUT2D eigenvalue weighted by atomic mass is 16.5. The number of hydrogen-bond donors (Lipinski definition) is 2. The third-order valence-electron chi connectivity index (χ3n) is 5.96. The Kier molecular flexibility index (Phi) is 7.63. The Balaban J connectivity index is 1.71. The van der Waals surface area contributed by atoms with Gasteiger partial charge in [-0.25, -0.2) is 0 Å². The van der Waals surface area contributed by atoms with Crippen molar-refractivity contribution >= 4 is 39.7 Å². The van der Waals surface area contributed by atoms with Crippen LogP contribution in [0.1, 0.15) is 31.9 Å². The molecule has 0 aliphatic carbocycles. The number of ether oxygens (including phenoxy) is 2. The van der Waals surface area contributed by atoms with E-state index < -0.39 is 0 Å². The predicted octanol–water partition coefficient (Wildman–Crippen LogP) is 6.82. The lowest BCUT2D eigenvalue weighted by atomic mass is 9.96. The molecule has 3 aromatic carbocycles. The highest BCUT2D eigenvalue weighted by Crippen LogP contribution is 2.41. The van der Waals surface area contributed by atoms with Gasteiger partial charge < -0.3 is 24.5 Å². The zero-order valence-corrected chi connectivity index (χ0v) is 21.6. The molecule has 0 unspecified atom stereocenters. The van der Waals surface area contributed by atoms with Gasteiger partial charge in [-0.1, -0.05) is 18.2 Å². The summed E-state index contributed by atoms with van der Waals surface area (Å²) in [7, 11) is 1.64. The molecule has 1 heterocycles. The zero-order valence-electron chi connectivity index (χ0n) is 21.6. The summed E-state index contributed by atoms with van der Waals surface area (Å²) < 4.78 is 17.3. The lowest BCUT2D eigenvalue weighted by Crippen LogP contribution is -2.10. The summed E-state index contributed by atoms with van der Waals surface area (Å²) in [5.74, 6) is 0.987. The molecule has 0 saturated carbocycles. The number of allylic oxidation sites excluding steroid dienone is 1. The Morgan fingerprint density at radius 2 is 1.70 bits per heavy atom. The van der Waals surface area contributed by atoms with E-state index in [1.54, 1.807) is 43.7 Å². The maximum atomic E-state index is 12.9. The largest absolute Gasteiger partial charge is 0.497 e. The number of anilines is 2. The molecule has 0 saturated heterocycles. The first-order valence-corrected chi connectivity index (χ1v) is 12.0. The van der Waals surface area contributed by atoms with Gasteiger partial charge in [-0.15, -0.1) is 0 Å². The topological polar surface area (TPSA) is 89.8 Å². The molecule has 0 spiro atoms. The smallest absolute Gasteiger partial charge is 0.248 e. The molecule has 4 rings (SSSR count). The minimum atomic E-state index is -0.291. The van der Waals surface area contributed by atoms with Crippen molar-refractivity contribution < 1.29 is 23.5 Å². The number of nitrogens with one attached hydrogen (secondary N) is 2. The van der Waals surface area contributed by atoms with Crippen molar-refractivity contribution in [1.82, 2.24) is 0 Å². The fourth-order valence-electron chi connectivity index (χ4n) is 4.26. The number of aryl methyl sites for hydroxylation is 1. The fraction of sp³-hybridized carbons (Fsp3) is 0.200. The van der Waals surface area contributed by atoms with E-state index in [9.17, 15) is 9.59 Å². The normalized spacial score (nSPS) is 11.3. The van der Waals surface area contributed by atoms with Crippen molar-refractivity contribution in [1.29, 1.82) is 0 Å². The van der Waals surface area contributed by atoms with E-state index in [-0.39, 0.29) is 11.8 Å². The number of amides is 2. The summed E-state index contributed by atoms with van der Waals surface area (Å²) in [6.07, 6.45) is 3.29. The minimum absolute atomic E-state index is 0.179. The van der Waals surface area contributed by atoms with Crippen LogP contribution in [0.4, 0.5) is 11.4 Å². The second kappa shape index (κ2) is 11.0. The van der Waals surface area contributed by atoms with Gasteiger partial charge in [0.05, 0.1) is 20.0 Å². The maximum absolute atomic E-state index is 12.9. The van der Waals surface area contributed by atoms with Crippen LogP contribution in [0.2, 0.25) is 0 Å². The number of methoxy groups -OCH3 is 1. The van der Waals surface area contributed by atoms with E-state index in [0.717, 1.165) is 44.5 Å². The van der Waals surface area contributed by atoms with Crippen LogP contribution in [0.3, 0.4) is 0 Å². The Bertz CT molecular complexity index is 1480. The van der Waals surface area contributed by atoms with Gasteiger partial charge in [-0.2, -0.15) is 0 Å². The van der Waals surface area contributed by atoms with E-state index in [1.807, 2.05) is 51.1 Å². The third kappa shape index (κ3) is 5.67.